The van der Waals surface area contributed by atoms with Gasteiger partial charge < -0.3 is 14.8 Å². The Bertz CT molecular complexity index is 1150. The normalized spacial score (nSPS) is 13.5. The molecular formula is C24H27N5O4S. The average Bonchev–Trinajstić information content (AvgIpc) is 3.52. The Kier molecular flexibility index (Phi) is 7.69. The molecule has 2 aromatic carbocycles. The number of nitrogens with one attached hydrogen (secondary N) is 2. The zero-order chi connectivity index (χ0) is 23.9. The van der Waals surface area contributed by atoms with Crippen molar-refractivity contribution >= 4 is 23.7 Å². The van der Waals surface area contributed by atoms with E-state index in [1.54, 1.807) is 20.3 Å². The van der Waals surface area contributed by atoms with E-state index in [0.717, 1.165) is 36.9 Å². The molecule has 1 saturated carbocycles. The smallest absolute Gasteiger partial charge is 0.321 e. The van der Waals surface area contributed by atoms with Crippen molar-refractivity contribution in [1.29, 1.82) is 0 Å². The molecule has 0 atom stereocenters. The van der Waals surface area contributed by atoms with Gasteiger partial charge in [-0.15, -0.1) is 10.2 Å². The van der Waals surface area contributed by atoms with Crippen molar-refractivity contribution < 1.29 is 19.1 Å². The summed E-state index contributed by atoms with van der Waals surface area (Å²) >= 11 is 1.20. The largest absolute Gasteiger partial charge is 0.493 e. The third-order valence-corrected chi connectivity index (χ3v) is 6.50. The number of aromatic nitrogens is 3. The zero-order valence-electron chi connectivity index (χ0n) is 19.1. The number of hydrogen-bond acceptors (Lipinski definition) is 7. The summed E-state index contributed by atoms with van der Waals surface area (Å²) in [6.45, 7) is 0. The summed E-state index contributed by atoms with van der Waals surface area (Å²) in [5.41, 5.74) is 1.63. The molecule has 1 heterocycles. The van der Waals surface area contributed by atoms with Crippen LogP contribution in [0.15, 0.2) is 53.7 Å². The summed E-state index contributed by atoms with van der Waals surface area (Å²) in [5.74, 6) is 1.39. The van der Waals surface area contributed by atoms with Gasteiger partial charge in [0.05, 0.1) is 25.7 Å². The number of benzene rings is 2. The lowest BCUT2D eigenvalue weighted by atomic mass is 10.2. The van der Waals surface area contributed by atoms with Crippen LogP contribution in [0.5, 0.6) is 11.5 Å². The van der Waals surface area contributed by atoms with Crippen LogP contribution < -0.4 is 20.1 Å². The molecule has 178 valence electrons. The van der Waals surface area contributed by atoms with E-state index in [9.17, 15) is 9.59 Å². The Morgan fingerprint density at radius 2 is 1.76 bits per heavy atom. The van der Waals surface area contributed by atoms with E-state index in [1.807, 2.05) is 47.0 Å². The maximum absolute atomic E-state index is 12.4. The van der Waals surface area contributed by atoms with Crippen LogP contribution in [0.25, 0.3) is 17.1 Å². The highest BCUT2D eigenvalue weighted by atomic mass is 32.2. The van der Waals surface area contributed by atoms with Crippen molar-refractivity contribution in [1.82, 2.24) is 25.4 Å². The number of carbonyl (C=O) groups excluding carboxylic acids is 2. The fourth-order valence-electron chi connectivity index (χ4n) is 3.92. The Hall–Kier alpha value is -3.53. The summed E-state index contributed by atoms with van der Waals surface area (Å²) in [6.07, 6.45) is 4.11. The van der Waals surface area contributed by atoms with E-state index < -0.39 is 11.9 Å². The molecule has 3 aromatic rings. The highest BCUT2D eigenvalue weighted by Crippen LogP contribution is 2.33. The first-order valence-electron chi connectivity index (χ1n) is 11.1. The van der Waals surface area contributed by atoms with Crippen molar-refractivity contribution in [3.8, 4) is 28.6 Å². The zero-order valence-corrected chi connectivity index (χ0v) is 19.9. The van der Waals surface area contributed by atoms with Gasteiger partial charge in [0.1, 0.15) is 0 Å². The molecular weight excluding hydrogens is 454 g/mol. The van der Waals surface area contributed by atoms with Gasteiger partial charge in [0, 0.05) is 17.7 Å². The van der Waals surface area contributed by atoms with Gasteiger partial charge in [-0.25, -0.2) is 4.79 Å². The molecule has 0 radical (unpaired) electrons. The second-order valence-electron chi connectivity index (χ2n) is 7.84. The van der Waals surface area contributed by atoms with Crippen molar-refractivity contribution in [3.05, 3.63) is 48.5 Å². The summed E-state index contributed by atoms with van der Waals surface area (Å²) in [7, 11) is 3.15. The number of carbonyl (C=O) groups is 2. The van der Waals surface area contributed by atoms with Gasteiger partial charge >= 0.3 is 6.03 Å². The summed E-state index contributed by atoms with van der Waals surface area (Å²) in [5, 5.41) is 14.5. The number of methoxy groups -OCH3 is 2. The second-order valence-corrected chi connectivity index (χ2v) is 8.78. The van der Waals surface area contributed by atoms with E-state index in [-0.39, 0.29) is 11.8 Å². The van der Waals surface area contributed by atoms with Crippen LogP contribution in [0.4, 0.5) is 4.79 Å². The van der Waals surface area contributed by atoms with Crippen LogP contribution in [0, 0.1) is 0 Å². The molecule has 0 saturated heterocycles. The fourth-order valence-corrected chi connectivity index (χ4v) is 4.67. The topological polar surface area (TPSA) is 107 Å². The number of amides is 3. The molecule has 3 amide bonds. The van der Waals surface area contributed by atoms with E-state index in [4.69, 9.17) is 9.47 Å². The van der Waals surface area contributed by atoms with Crippen LogP contribution in [-0.2, 0) is 4.79 Å². The molecule has 0 bridgehead atoms. The standard InChI is InChI=1S/C24H27N5O4S/c1-32-19-13-12-18(14-20(19)33-2)29-22(16-8-4-3-5-9-16)27-28-24(29)34-15-21(30)26-23(31)25-17-10-6-7-11-17/h3-5,8-9,12-14,17H,6-7,10-11,15H2,1-2H3,(H2,25,26,30,31). The highest BCUT2D eigenvalue weighted by Gasteiger charge is 2.21. The number of hydrogen-bond donors (Lipinski definition) is 2. The Balaban J connectivity index is 1.55. The molecule has 9 nitrogen and oxygen atoms in total. The lowest BCUT2D eigenvalue weighted by Crippen LogP contribution is -2.44. The van der Waals surface area contributed by atoms with Crippen LogP contribution in [0.2, 0.25) is 0 Å². The molecule has 10 heteroatoms. The van der Waals surface area contributed by atoms with Gasteiger partial charge in [0.25, 0.3) is 0 Å². The number of ether oxygens (including phenoxy) is 2. The number of imide groups is 1. The molecule has 1 aliphatic carbocycles. The molecule has 0 spiro atoms. The minimum absolute atomic E-state index is 0.0122. The minimum Gasteiger partial charge on any atom is -0.493 e. The molecule has 1 aromatic heterocycles. The van der Waals surface area contributed by atoms with E-state index in [1.165, 1.54) is 11.8 Å². The van der Waals surface area contributed by atoms with Gasteiger partial charge in [0.2, 0.25) is 5.91 Å². The molecule has 4 rings (SSSR count). The van der Waals surface area contributed by atoms with Crippen molar-refractivity contribution in [2.24, 2.45) is 0 Å². The third-order valence-electron chi connectivity index (χ3n) is 5.57. The van der Waals surface area contributed by atoms with E-state index >= 15 is 0 Å². The SMILES string of the molecule is COc1ccc(-n2c(SCC(=O)NC(=O)NC3CCCC3)nnc2-c2ccccc2)cc1OC. The first-order chi connectivity index (χ1) is 16.6. The quantitative estimate of drug-likeness (QED) is 0.471. The van der Waals surface area contributed by atoms with Crippen LogP contribution >= 0.6 is 11.8 Å². The molecule has 0 unspecified atom stereocenters. The lowest BCUT2D eigenvalue weighted by Gasteiger charge is -2.14. The average molecular weight is 482 g/mol. The van der Waals surface area contributed by atoms with Gasteiger partial charge in [-0.1, -0.05) is 54.9 Å². The lowest BCUT2D eigenvalue weighted by molar-refractivity contribution is -0.117. The van der Waals surface area contributed by atoms with Gasteiger partial charge in [0.15, 0.2) is 22.5 Å². The van der Waals surface area contributed by atoms with Crippen LogP contribution in [-0.4, -0.2) is 52.7 Å². The summed E-state index contributed by atoms with van der Waals surface area (Å²) in [4.78, 5) is 24.5. The number of urea groups is 1. The van der Waals surface area contributed by atoms with Crippen molar-refractivity contribution in [3.63, 3.8) is 0 Å². The van der Waals surface area contributed by atoms with Gasteiger partial charge in [-0.2, -0.15) is 0 Å². The van der Waals surface area contributed by atoms with Crippen LogP contribution in [0.1, 0.15) is 25.7 Å². The van der Waals surface area contributed by atoms with Gasteiger partial charge in [-0.3, -0.25) is 14.7 Å². The molecule has 0 aliphatic heterocycles. The highest BCUT2D eigenvalue weighted by molar-refractivity contribution is 7.99. The second kappa shape index (κ2) is 11.1. The molecule has 34 heavy (non-hydrogen) atoms. The van der Waals surface area contributed by atoms with Crippen molar-refractivity contribution in [2.75, 3.05) is 20.0 Å². The van der Waals surface area contributed by atoms with E-state index in [2.05, 4.69) is 20.8 Å². The number of nitrogens with zero attached hydrogens (tertiary/aromatic N) is 3. The number of rotatable bonds is 8. The van der Waals surface area contributed by atoms with Gasteiger partial charge in [-0.05, 0) is 25.0 Å². The fraction of sp³-hybridized carbons (Fsp3) is 0.333. The Labute approximate surface area is 202 Å². The molecule has 2 N–H and O–H groups in total. The Morgan fingerprint density at radius 1 is 1.03 bits per heavy atom. The van der Waals surface area contributed by atoms with E-state index in [0.29, 0.717) is 22.5 Å². The maximum Gasteiger partial charge on any atom is 0.321 e. The number of thioether (sulfide) groups is 1. The Morgan fingerprint density at radius 3 is 2.47 bits per heavy atom. The minimum atomic E-state index is -0.455. The molecule has 1 fully saturated rings. The van der Waals surface area contributed by atoms with Crippen LogP contribution in [0.3, 0.4) is 0 Å². The molecule has 1 aliphatic rings. The predicted octanol–water partition coefficient (Wildman–Crippen LogP) is 3.81. The third kappa shape index (κ3) is 5.51. The predicted molar refractivity (Wildman–Crippen MR) is 130 cm³/mol. The first kappa shape index (κ1) is 23.6. The first-order valence-corrected chi connectivity index (χ1v) is 12.0. The maximum atomic E-state index is 12.4. The monoisotopic (exact) mass is 481 g/mol. The summed E-state index contributed by atoms with van der Waals surface area (Å²) < 4.78 is 12.7. The van der Waals surface area contributed by atoms with Crippen molar-refractivity contribution in [2.45, 2.75) is 36.9 Å². The summed E-state index contributed by atoms with van der Waals surface area (Å²) in [6, 6.07) is 14.8.